The molecule has 1 atom stereocenters. The molecule has 0 spiro atoms. The number of alkyl halides is 1. The number of aromatic hydroxyl groups is 1. The van der Waals surface area contributed by atoms with Crippen LogP contribution < -0.4 is 5.32 Å². The Bertz CT molecular complexity index is 368. The fourth-order valence-electron chi connectivity index (χ4n) is 1.62. The van der Waals surface area contributed by atoms with Gasteiger partial charge in [-0.05, 0) is 18.9 Å². The average Bonchev–Trinajstić information content (AvgIpc) is 2.31. The highest BCUT2D eigenvalue weighted by Gasteiger charge is 2.11. The Kier molecular flexibility index (Phi) is 6.05. The zero-order valence-electron chi connectivity index (χ0n) is 9.95. The maximum absolute atomic E-state index is 11.8. The van der Waals surface area contributed by atoms with Gasteiger partial charge in [-0.2, -0.15) is 0 Å². The Morgan fingerprint density at radius 1 is 1.47 bits per heavy atom. The highest BCUT2D eigenvalue weighted by molar-refractivity contribution is 9.09. The number of benzene rings is 1. The van der Waals surface area contributed by atoms with Crippen LogP contribution in [-0.4, -0.2) is 22.4 Å². The summed E-state index contributed by atoms with van der Waals surface area (Å²) in [6.45, 7) is 2.05. The van der Waals surface area contributed by atoms with Crippen LogP contribution in [0.5, 0.6) is 5.75 Å². The third-order valence-corrected chi connectivity index (χ3v) is 3.12. The zero-order chi connectivity index (χ0) is 12.7. The van der Waals surface area contributed by atoms with Crippen molar-refractivity contribution in [3.63, 3.8) is 0 Å². The number of hydrogen-bond donors (Lipinski definition) is 2. The van der Waals surface area contributed by atoms with Crippen molar-refractivity contribution in [3.8, 4) is 5.75 Å². The van der Waals surface area contributed by atoms with E-state index in [0.29, 0.717) is 5.56 Å². The van der Waals surface area contributed by atoms with Gasteiger partial charge in [0.25, 0.3) is 0 Å². The molecule has 1 rings (SSSR count). The molecule has 1 aromatic rings. The Hall–Kier alpha value is -1.03. The number of carbonyl (C=O) groups excluding carboxylic acids is 1. The van der Waals surface area contributed by atoms with Gasteiger partial charge in [0, 0.05) is 16.9 Å². The van der Waals surface area contributed by atoms with Gasteiger partial charge >= 0.3 is 0 Å². The minimum atomic E-state index is -0.0423. The monoisotopic (exact) mass is 299 g/mol. The molecule has 2 N–H and O–H groups in total. The molecule has 0 aromatic heterocycles. The van der Waals surface area contributed by atoms with Crippen LogP contribution in [0.3, 0.4) is 0 Å². The summed E-state index contributed by atoms with van der Waals surface area (Å²) in [5, 5.41) is 13.4. The summed E-state index contributed by atoms with van der Waals surface area (Å²) >= 11 is 3.37. The molecule has 1 aromatic carbocycles. The molecule has 0 saturated heterocycles. The Labute approximate surface area is 110 Å². The smallest absolute Gasteiger partial charge is 0.224 e. The molecule has 17 heavy (non-hydrogen) atoms. The van der Waals surface area contributed by atoms with Crippen LogP contribution in [-0.2, 0) is 11.2 Å². The summed E-state index contributed by atoms with van der Waals surface area (Å²) in [6.07, 6.45) is 2.06. The summed E-state index contributed by atoms with van der Waals surface area (Å²) in [5.41, 5.74) is 0.665. The van der Waals surface area contributed by atoms with Crippen LogP contribution >= 0.6 is 15.9 Å². The number of phenolic OH excluding ortho intramolecular Hbond substituents is 1. The fraction of sp³-hybridized carbons (Fsp3) is 0.462. The van der Waals surface area contributed by atoms with Crippen molar-refractivity contribution in [3.05, 3.63) is 29.8 Å². The van der Waals surface area contributed by atoms with Gasteiger partial charge in [0.1, 0.15) is 5.75 Å². The lowest BCUT2D eigenvalue weighted by Gasteiger charge is -2.15. The molecule has 0 saturated carbocycles. The van der Waals surface area contributed by atoms with Crippen molar-refractivity contribution in [2.75, 3.05) is 5.33 Å². The molecule has 1 amide bonds. The van der Waals surface area contributed by atoms with Gasteiger partial charge in [-0.1, -0.05) is 41.1 Å². The fourth-order valence-corrected chi connectivity index (χ4v) is 2.17. The molecular weight excluding hydrogens is 282 g/mol. The van der Waals surface area contributed by atoms with Gasteiger partial charge in [-0.3, -0.25) is 4.79 Å². The molecule has 4 heteroatoms. The lowest BCUT2D eigenvalue weighted by molar-refractivity contribution is -0.121. The number of nitrogens with one attached hydrogen (secondary N) is 1. The number of halogens is 1. The third kappa shape index (κ3) is 4.77. The van der Waals surface area contributed by atoms with Crippen molar-refractivity contribution in [2.24, 2.45) is 0 Å². The first-order valence-electron chi connectivity index (χ1n) is 5.79. The van der Waals surface area contributed by atoms with E-state index in [4.69, 9.17) is 0 Å². The molecule has 0 bridgehead atoms. The Morgan fingerprint density at radius 3 is 2.76 bits per heavy atom. The van der Waals surface area contributed by atoms with E-state index in [1.165, 1.54) is 0 Å². The van der Waals surface area contributed by atoms with Crippen LogP contribution in [0.1, 0.15) is 25.3 Å². The highest BCUT2D eigenvalue weighted by Crippen LogP contribution is 2.16. The number of amides is 1. The minimum Gasteiger partial charge on any atom is -0.508 e. The van der Waals surface area contributed by atoms with Crippen LogP contribution in [0.15, 0.2) is 24.3 Å². The zero-order valence-corrected chi connectivity index (χ0v) is 11.5. The SMILES string of the molecule is CCC(CCBr)NC(=O)Cc1ccccc1O. The second kappa shape index (κ2) is 7.33. The van der Waals surface area contributed by atoms with Gasteiger partial charge in [-0.25, -0.2) is 0 Å². The maximum atomic E-state index is 11.8. The molecule has 0 aliphatic rings. The lowest BCUT2D eigenvalue weighted by Crippen LogP contribution is -2.35. The number of para-hydroxylation sites is 1. The van der Waals surface area contributed by atoms with Crippen molar-refractivity contribution in [1.82, 2.24) is 5.32 Å². The number of phenols is 1. The van der Waals surface area contributed by atoms with Crippen molar-refractivity contribution in [1.29, 1.82) is 0 Å². The van der Waals surface area contributed by atoms with Crippen molar-refractivity contribution in [2.45, 2.75) is 32.2 Å². The number of carbonyl (C=O) groups is 1. The predicted molar refractivity (Wildman–Crippen MR) is 72.4 cm³/mol. The van der Waals surface area contributed by atoms with Gasteiger partial charge in [0.2, 0.25) is 5.91 Å². The largest absolute Gasteiger partial charge is 0.508 e. The van der Waals surface area contributed by atoms with E-state index in [0.717, 1.165) is 18.2 Å². The Balaban J connectivity index is 2.52. The summed E-state index contributed by atoms with van der Waals surface area (Å²) in [7, 11) is 0. The first kappa shape index (κ1) is 14.0. The third-order valence-electron chi connectivity index (χ3n) is 2.66. The van der Waals surface area contributed by atoms with E-state index < -0.39 is 0 Å². The van der Waals surface area contributed by atoms with Crippen molar-refractivity contribution < 1.29 is 9.90 Å². The average molecular weight is 300 g/mol. The lowest BCUT2D eigenvalue weighted by atomic mass is 10.1. The van der Waals surface area contributed by atoms with Gasteiger partial charge in [0.05, 0.1) is 6.42 Å². The second-order valence-electron chi connectivity index (χ2n) is 3.96. The van der Waals surface area contributed by atoms with Gasteiger partial charge < -0.3 is 10.4 Å². The summed E-state index contributed by atoms with van der Waals surface area (Å²) < 4.78 is 0. The first-order valence-corrected chi connectivity index (χ1v) is 6.91. The van der Waals surface area contributed by atoms with E-state index in [1.807, 2.05) is 13.0 Å². The molecule has 0 heterocycles. The molecule has 1 unspecified atom stereocenters. The van der Waals surface area contributed by atoms with E-state index in [2.05, 4.69) is 21.2 Å². The first-order chi connectivity index (χ1) is 8.17. The van der Waals surface area contributed by atoms with Crippen molar-refractivity contribution >= 4 is 21.8 Å². The summed E-state index contributed by atoms with van der Waals surface area (Å²) in [5.74, 6) is 0.135. The molecular formula is C13H18BrNO2. The predicted octanol–water partition coefficient (Wildman–Crippen LogP) is 2.61. The van der Waals surface area contributed by atoms with E-state index in [-0.39, 0.29) is 24.1 Å². The summed E-state index contributed by atoms with van der Waals surface area (Å²) in [6, 6.07) is 7.13. The highest BCUT2D eigenvalue weighted by atomic mass is 79.9. The molecule has 0 radical (unpaired) electrons. The molecule has 94 valence electrons. The van der Waals surface area contributed by atoms with Crippen LogP contribution in [0.25, 0.3) is 0 Å². The van der Waals surface area contributed by atoms with E-state index in [9.17, 15) is 9.90 Å². The van der Waals surface area contributed by atoms with Crippen LogP contribution in [0.4, 0.5) is 0 Å². The maximum Gasteiger partial charge on any atom is 0.224 e. The quantitative estimate of drug-likeness (QED) is 0.793. The second-order valence-corrected chi connectivity index (χ2v) is 4.75. The van der Waals surface area contributed by atoms with E-state index >= 15 is 0 Å². The van der Waals surface area contributed by atoms with Gasteiger partial charge in [-0.15, -0.1) is 0 Å². The van der Waals surface area contributed by atoms with Gasteiger partial charge in [0.15, 0.2) is 0 Å². The number of rotatable bonds is 6. The standard InChI is InChI=1S/C13H18BrNO2/c1-2-11(7-8-14)15-13(17)9-10-5-3-4-6-12(10)16/h3-6,11,16H,2,7-9H2,1H3,(H,15,17). The molecule has 0 aliphatic heterocycles. The van der Waals surface area contributed by atoms with E-state index in [1.54, 1.807) is 18.2 Å². The summed E-state index contributed by atoms with van der Waals surface area (Å²) in [4.78, 5) is 11.8. The van der Waals surface area contributed by atoms with Crippen LogP contribution in [0.2, 0.25) is 0 Å². The Morgan fingerprint density at radius 2 is 2.18 bits per heavy atom. The molecule has 0 fully saturated rings. The normalized spacial score (nSPS) is 12.1. The van der Waals surface area contributed by atoms with Crippen LogP contribution in [0, 0.1) is 0 Å². The topological polar surface area (TPSA) is 49.3 Å². The minimum absolute atomic E-state index is 0.0423. The number of hydrogen-bond acceptors (Lipinski definition) is 2. The molecule has 0 aliphatic carbocycles. The molecule has 3 nitrogen and oxygen atoms in total.